The van der Waals surface area contributed by atoms with Gasteiger partial charge in [0.05, 0.1) is 6.54 Å². The van der Waals surface area contributed by atoms with Crippen molar-refractivity contribution < 1.29 is 4.79 Å². The third kappa shape index (κ3) is 4.63. The molecule has 0 saturated carbocycles. The number of nitrogens with one attached hydrogen (secondary N) is 1. The van der Waals surface area contributed by atoms with Crippen LogP contribution < -0.4 is 5.69 Å². The van der Waals surface area contributed by atoms with Crippen LogP contribution in [0.3, 0.4) is 0 Å². The maximum Gasteiger partial charge on any atom is 0.353 e. The smallest absolute Gasteiger partial charge is 0.274 e. The van der Waals surface area contributed by atoms with Crippen LogP contribution in [-0.4, -0.2) is 40.9 Å². The molecule has 5 rings (SSSR count). The number of H-pyrrole nitrogens is 1. The van der Waals surface area contributed by atoms with Crippen molar-refractivity contribution >= 4 is 5.91 Å². The van der Waals surface area contributed by atoms with Gasteiger partial charge in [0, 0.05) is 17.5 Å². The molecule has 2 heterocycles. The number of hydrogen-bond acceptors (Lipinski definition) is 6. The molecule has 0 radical (unpaired) electrons. The van der Waals surface area contributed by atoms with Gasteiger partial charge < -0.3 is 0 Å². The summed E-state index contributed by atoms with van der Waals surface area (Å²) >= 11 is 0. The number of carbonyl (C=O) groups excluding carboxylic acids is 1. The van der Waals surface area contributed by atoms with Gasteiger partial charge in [0.15, 0.2) is 0 Å². The number of aromatic nitrogens is 7. The van der Waals surface area contributed by atoms with E-state index in [0.717, 1.165) is 39.8 Å². The number of benzene rings is 3. The molecule has 0 unspecified atom stereocenters. The Kier molecular flexibility index (Phi) is 6.61. The Morgan fingerprint density at radius 1 is 0.917 bits per heavy atom. The number of carbonyl (C=O) groups is 1. The molecule has 0 spiro atoms. The van der Waals surface area contributed by atoms with Gasteiger partial charge in [-0.05, 0) is 40.5 Å². The van der Waals surface area contributed by atoms with Crippen molar-refractivity contribution in [2.24, 2.45) is 0 Å². The molecule has 3 aromatic carbocycles. The first-order chi connectivity index (χ1) is 17.7. The molecule has 36 heavy (non-hydrogen) atoms. The number of hydrogen-bond donors (Lipinski definition) is 1. The van der Waals surface area contributed by atoms with Crippen LogP contribution in [0.25, 0.3) is 22.5 Å². The lowest BCUT2D eigenvalue weighted by Gasteiger charge is -2.09. The van der Waals surface area contributed by atoms with Crippen molar-refractivity contribution in [1.82, 2.24) is 35.0 Å². The Bertz CT molecular complexity index is 1520. The molecule has 0 atom stereocenters. The normalized spacial score (nSPS) is 11.0. The van der Waals surface area contributed by atoms with E-state index in [1.54, 1.807) is 28.8 Å². The molecule has 9 nitrogen and oxygen atoms in total. The van der Waals surface area contributed by atoms with Gasteiger partial charge >= 0.3 is 5.69 Å². The van der Waals surface area contributed by atoms with E-state index in [-0.39, 0.29) is 0 Å². The highest BCUT2D eigenvalue weighted by atomic mass is 16.2. The second-order valence-corrected chi connectivity index (χ2v) is 8.45. The first kappa shape index (κ1) is 23.1. The Balaban J connectivity index is 1.45. The topological polar surface area (TPSA) is 111 Å². The zero-order valence-electron chi connectivity index (χ0n) is 19.8. The van der Waals surface area contributed by atoms with E-state index in [1.807, 2.05) is 54.6 Å². The van der Waals surface area contributed by atoms with E-state index >= 15 is 0 Å². The zero-order valence-corrected chi connectivity index (χ0v) is 19.8. The summed E-state index contributed by atoms with van der Waals surface area (Å²) in [4.78, 5) is 26.2. The highest BCUT2D eigenvalue weighted by Gasteiger charge is 2.19. The second kappa shape index (κ2) is 10.3. The number of tetrazole rings is 1. The minimum atomic E-state index is -0.429. The summed E-state index contributed by atoms with van der Waals surface area (Å²) in [6.07, 6.45) is 2.46. The Morgan fingerprint density at radius 2 is 1.64 bits per heavy atom. The van der Waals surface area contributed by atoms with E-state index in [2.05, 4.69) is 32.6 Å². The summed E-state index contributed by atoms with van der Waals surface area (Å²) in [7, 11) is 0. The van der Waals surface area contributed by atoms with Gasteiger partial charge in [0.1, 0.15) is 5.82 Å². The van der Waals surface area contributed by atoms with Crippen molar-refractivity contribution in [3.8, 4) is 22.5 Å². The second-order valence-electron chi connectivity index (χ2n) is 8.45. The van der Waals surface area contributed by atoms with E-state index in [1.165, 1.54) is 0 Å². The van der Waals surface area contributed by atoms with Crippen LogP contribution in [0.1, 0.15) is 41.5 Å². The predicted octanol–water partition coefficient (Wildman–Crippen LogP) is 3.97. The predicted molar refractivity (Wildman–Crippen MR) is 135 cm³/mol. The molecule has 2 aromatic heterocycles. The summed E-state index contributed by atoms with van der Waals surface area (Å²) < 4.78 is 2.58. The van der Waals surface area contributed by atoms with Crippen LogP contribution in [0.4, 0.5) is 0 Å². The molecular formula is C27H25N7O2. The molecule has 0 aliphatic rings. The summed E-state index contributed by atoms with van der Waals surface area (Å²) in [5.41, 5.74) is 3.78. The third-order valence-electron chi connectivity index (χ3n) is 6.03. The lowest BCUT2D eigenvalue weighted by Crippen LogP contribution is -2.30. The quantitative estimate of drug-likeness (QED) is 0.360. The fraction of sp³-hybridized carbons (Fsp3) is 0.185. The molecule has 0 bridgehead atoms. The van der Waals surface area contributed by atoms with Crippen LogP contribution in [0, 0.1) is 0 Å². The fourth-order valence-corrected chi connectivity index (χ4v) is 4.13. The lowest BCUT2D eigenvalue weighted by atomic mass is 9.98. The summed E-state index contributed by atoms with van der Waals surface area (Å²) in [6.45, 7) is 2.41. The van der Waals surface area contributed by atoms with Crippen molar-refractivity contribution in [2.45, 2.75) is 32.7 Å². The van der Waals surface area contributed by atoms with Crippen LogP contribution in [0.15, 0.2) is 83.7 Å². The summed E-state index contributed by atoms with van der Waals surface area (Å²) in [5.74, 6) is 0.709. The van der Waals surface area contributed by atoms with Gasteiger partial charge in [0.2, 0.25) is 5.82 Å². The molecule has 0 saturated heterocycles. The number of aromatic amines is 1. The largest absolute Gasteiger partial charge is 0.353 e. The molecule has 1 N–H and O–H groups in total. The van der Waals surface area contributed by atoms with Gasteiger partial charge in [-0.25, -0.2) is 4.79 Å². The van der Waals surface area contributed by atoms with Crippen LogP contribution in [0.5, 0.6) is 0 Å². The van der Waals surface area contributed by atoms with Crippen molar-refractivity contribution in [3.05, 3.63) is 106 Å². The van der Waals surface area contributed by atoms with Gasteiger partial charge in [-0.3, -0.25) is 9.36 Å². The monoisotopic (exact) mass is 479 g/mol. The molecular weight excluding hydrogens is 454 g/mol. The van der Waals surface area contributed by atoms with Gasteiger partial charge in [-0.15, -0.1) is 20.0 Å². The molecule has 0 amide bonds. The minimum absolute atomic E-state index is 0.326. The van der Waals surface area contributed by atoms with E-state index in [9.17, 15) is 9.59 Å². The average Bonchev–Trinajstić information content (AvgIpc) is 3.57. The number of unbranched alkanes of at least 4 members (excludes halogenated alkanes) is 1. The molecule has 5 aromatic rings. The van der Waals surface area contributed by atoms with Crippen molar-refractivity contribution in [1.29, 1.82) is 0 Å². The summed E-state index contributed by atoms with van der Waals surface area (Å²) in [6, 6.07) is 24.6. The highest BCUT2D eigenvalue weighted by molar-refractivity contribution is 5.95. The van der Waals surface area contributed by atoms with Gasteiger partial charge in [0.25, 0.3) is 5.91 Å². The number of rotatable bonds is 8. The first-order valence-corrected chi connectivity index (χ1v) is 11.9. The number of nitrogens with zero attached hydrogens (tertiary/aromatic N) is 6. The minimum Gasteiger partial charge on any atom is -0.274 e. The van der Waals surface area contributed by atoms with Crippen LogP contribution >= 0.6 is 0 Å². The Labute approximate surface area is 207 Å². The highest BCUT2D eigenvalue weighted by Crippen LogP contribution is 2.29. The van der Waals surface area contributed by atoms with Crippen molar-refractivity contribution in [3.63, 3.8) is 0 Å². The Morgan fingerprint density at radius 3 is 2.33 bits per heavy atom. The molecule has 180 valence electrons. The molecule has 0 fully saturated rings. The Hall–Kier alpha value is -4.66. The van der Waals surface area contributed by atoms with Crippen LogP contribution in [-0.2, 0) is 13.0 Å². The van der Waals surface area contributed by atoms with Crippen molar-refractivity contribution in [2.75, 3.05) is 0 Å². The molecule has 9 heteroatoms. The van der Waals surface area contributed by atoms with E-state index in [4.69, 9.17) is 0 Å². The van der Waals surface area contributed by atoms with E-state index < -0.39 is 11.6 Å². The third-order valence-corrected chi connectivity index (χ3v) is 6.03. The SMILES string of the molecule is CCCCc1nn(C(=O)c2ccccc2)c(=O)n1Cc1ccc(-c2ccccc2-c2nn[nH]n2)cc1. The summed E-state index contributed by atoms with van der Waals surface area (Å²) in [5, 5.41) is 18.8. The number of aryl methyl sites for hydroxylation is 1. The van der Waals surface area contributed by atoms with Gasteiger partial charge in [-0.2, -0.15) is 5.21 Å². The average molecular weight is 480 g/mol. The van der Waals surface area contributed by atoms with Gasteiger partial charge in [-0.1, -0.05) is 80.1 Å². The standard InChI is InChI=1S/C27H25N7O2/c1-2-3-13-24-30-34(26(35)21-9-5-4-6-10-21)27(36)33(24)18-19-14-16-20(17-15-19)22-11-7-8-12-23(22)25-28-31-32-29-25/h4-12,14-17H,2-3,13,18H2,1H3,(H,28,29,31,32). The zero-order chi connectivity index (χ0) is 24.9. The molecule has 0 aliphatic carbocycles. The van der Waals surface area contributed by atoms with E-state index in [0.29, 0.717) is 30.2 Å². The fourth-order valence-electron chi connectivity index (χ4n) is 4.13. The van der Waals surface area contributed by atoms with Crippen LogP contribution in [0.2, 0.25) is 0 Å². The maximum atomic E-state index is 13.3. The lowest BCUT2D eigenvalue weighted by molar-refractivity contribution is 0.0939. The first-order valence-electron chi connectivity index (χ1n) is 11.9. The maximum absolute atomic E-state index is 13.3. The molecule has 0 aliphatic heterocycles.